The lowest BCUT2D eigenvalue weighted by Gasteiger charge is -2.30. The average molecular weight is 406 g/mol. The number of carbonyl (C=O) groups is 2. The SMILES string of the molecule is CC1CCN(C(=O)Cn2c(CCNC(=O)c3ccncc3)nc3ccccc32)CC1. The second-order valence-corrected chi connectivity index (χ2v) is 7.91. The van der Waals surface area contributed by atoms with Gasteiger partial charge in [-0.3, -0.25) is 14.6 Å². The van der Waals surface area contributed by atoms with Gasteiger partial charge in [0.05, 0.1) is 11.0 Å². The number of amides is 2. The number of para-hydroxylation sites is 2. The van der Waals surface area contributed by atoms with Crippen molar-refractivity contribution >= 4 is 22.8 Å². The van der Waals surface area contributed by atoms with Crippen LogP contribution in [-0.4, -0.2) is 50.9 Å². The Morgan fingerprint density at radius 1 is 1.10 bits per heavy atom. The molecule has 2 aromatic heterocycles. The Bertz CT molecular complexity index is 1020. The van der Waals surface area contributed by atoms with Crippen LogP contribution in [0.4, 0.5) is 0 Å². The minimum absolute atomic E-state index is 0.132. The summed E-state index contributed by atoms with van der Waals surface area (Å²) in [5.74, 6) is 1.48. The molecule has 7 nitrogen and oxygen atoms in total. The Morgan fingerprint density at radius 3 is 2.60 bits per heavy atom. The molecule has 30 heavy (non-hydrogen) atoms. The number of nitrogens with zero attached hydrogens (tertiary/aromatic N) is 4. The van der Waals surface area contributed by atoms with Crippen LogP contribution >= 0.6 is 0 Å². The number of pyridine rings is 1. The molecular weight excluding hydrogens is 378 g/mol. The highest BCUT2D eigenvalue weighted by atomic mass is 16.2. The number of hydrogen-bond acceptors (Lipinski definition) is 4. The number of fused-ring (bicyclic) bond motifs is 1. The van der Waals surface area contributed by atoms with E-state index in [-0.39, 0.29) is 18.4 Å². The highest BCUT2D eigenvalue weighted by molar-refractivity contribution is 5.93. The van der Waals surface area contributed by atoms with E-state index < -0.39 is 0 Å². The van der Waals surface area contributed by atoms with E-state index in [4.69, 9.17) is 4.98 Å². The van der Waals surface area contributed by atoms with Crippen LogP contribution in [0.2, 0.25) is 0 Å². The highest BCUT2D eigenvalue weighted by Gasteiger charge is 2.22. The minimum atomic E-state index is -0.140. The lowest BCUT2D eigenvalue weighted by Crippen LogP contribution is -2.40. The molecule has 1 aliphatic rings. The first-order chi connectivity index (χ1) is 14.6. The van der Waals surface area contributed by atoms with Crippen LogP contribution in [0.1, 0.15) is 35.9 Å². The second kappa shape index (κ2) is 9.07. The van der Waals surface area contributed by atoms with E-state index in [1.54, 1.807) is 24.5 Å². The van der Waals surface area contributed by atoms with Crippen molar-refractivity contribution in [3.05, 3.63) is 60.2 Å². The minimum Gasteiger partial charge on any atom is -0.352 e. The topological polar surface area (TPSA) is 80.1 Å². The summed E-state index contributed by atoms with van der Waals surface area (Å²) in [6, 6.07) is 11.2. The summed E-state index contributed by atoms with van der Waals surface area (Å²) in [4.78, 5) is 35.8. The number of rotatable bonds is 6. The first-order valence-corrected chi connectivity index (χ1v) is 10.5. The van der Waals surface area contributed by atoms with Gasteiger partial charge in [-0.2, -0.15) is 0 Å². The van der Waals surface area contributed by atoms with E-state index >= 15 is 0 Å². The van der Waals surface area contributed by atoms with Crippen molar-refractivity contribution in [3.63, 3.8) is 0 Å². The van der Waals surface area contributed by atoms with Crippen LogP contribution < -0.4 is 5.32 Å². The summed E-state index contributed by atoms with van der Waals surface area (Å²) in [6.07, 6.45) is 5.87. The highest BCUT2D eigenvalue weighted by Crippen LogP contribution is 2.19. The van der Waals surface area contributed by atoms with E-state index in [1.807, 2.05) is 33.7 Å². The van der Waals surface area contributed by atoms with E-state index in [1.165, 1.54) is 0 Å². The van der Waals surface area contributed by atoms with Crippen LogP contribution in [-0.2, 0) is 17.8 Å². The third-order valence-corrected chi connectivity index (χ3v) is 5.74. The zero-order chi connectivity index (χ0) is 20.9. The second-order valence-electron chi connectivity index (χ2n) is 7.91. The molecule has 0 spiro atoms. The summed E-state index contributed by atoms with van der Waals surface area (Å²) in [5.41, 5.74) is 2.40. The molecule has 1 aromatic carbocycles. The summed E-state index contributed by atoms with van der Waals surface area (Å²) in [5, 5.41) is 2.93. The molecule has 1 saturated heterocycles. The van der Waals surface area contributed by atoms with Crippen molar-refractivity contribution in [2.45, 2.75) is 32.7 Å². The van der Waals surface area contributed by atoms with Crippen LogP contribution in [0, 0.1) is 5.92 Å². The van der Waals surface area contributed by atoms with Gasteiger partial charge in [-0.05, 0) is 43.0 Å². The molecule has 3 heterocycles. The van der Waals surface area contributed by atoms with Gasteiger partial charge in [-0.25, -0.2) is 4.98 Å². The molecule has 0 saturated carbocycles. The van der Waals surface area contributed by atoms with Crippen molar-refractivity contribution in [2.24, 2.45) is 5.92 Å². The Kier molecular flexibility index (Phi) is 6.07. The molecule has 1 fully saturated rings. The molecule has 0 aliphatic carbocycles. The third-order valence-electron chi connectivity index (χ3n) is 5.74. The van der Waals surface area contributed by atoms with Gasteiger partial charge < -0.3 is 14.8 Å². The van der Waals surface area contributed by atoms with Gasteiger partial charge in [-0.15, -0.1) is 0 Å². The monoisotopic (exact) mass is 405 g/mol. The predicted octanol–water partition coefficient (Wildman–Crippen LogP) is 2.66. The molecule has 7 heteroatoms. The maximum atomic E-state index is 12.9. The Hall–Kier alpha value is -3.22. The molecule has 3 aromatic rings. The van der Waals surface area contributed by atoms with Crippen LogP contribution in [0.3, 0.4) is 0 Å². The van der Waals surface area contributed by atoms with Crippen LogP contribution in [0.15, 0.2) is 48.8 Å². The fourth-order valence-corrected chi connectivity index (χ4v) is 3.88. The maximum Gasteiger partial charge on any atom is 0.251 e. The summed E-state index contributed by atoms with van der Waals surface area (Å²) < 4.78 is 1.99. The van der Waals surface area contributed by atoms with Crippen molar-refractivity contribution in [1.29, 1.82) is 0 Å². The molecular formula is C23H27N5O2. The molecule has 1 N–H and O–H groups in total. The maximum absolute atomic E-state index is 12.9. The Labute approximate surface area is 176 Å². The summed E-state index contributed by atoms with van der Waals surface area (Å²) in [7, 11) is 0. The summed E-state index contributed by atoms with van der Waals surface area (Å²) in [6.45, 7) is 4.61. The fourth-order valence-electron chi connectivity index (χ4n) is 3.88. The first kappa shape index (κ1) is 20.1. The zero-order valence-corrected chi connectivity index (χ0v) is 17.3. The van der Waals surface area contributed by atoms with Crippen LogP contribution in [0.25, 0.3) is 11.0 Å². The largest absolute Gasteiger partial charge is 0.352 e. The van der Waals surface area contributed by atoms with Gasteiger partial charge >= 0.3 is 0 Å². The molecule has 0 radical (unpaired) electrons. The number of aromatic nitrogens is 3. The molecule has 0 atom stereocenters. The lowest BCUT2D eigenvalue weighted by atomic mass is 9.99. The number of piperidine rings is 1. The van der Waals surface area contributed by atoms with Gasteiger partial charge in [0.1, 0.15) is 12.4 Å². The number of nitrogens with one attached hydrogen (secondary N) is 1. The van der Waals surface area contributed by atoms with Crippen molar-refractivity contribution in [1.82, 2.24) is 24.8 Å². The van der Waals surface area contributed by atoms with Gasteiger partial charge in [0.15, 0.2) is 0 Å². The van der Waals surface area contributed by atoms with E-state index in [2.05, 4.69) is 17.2 Å². The Balaban J connectivity index is 1.46. The average Bonchev–Trinajstić information content (AvgIpc) is 3.12. The molecule has 0 unspecified atom stereocenters. The van der Waals surface area contributed by atoms with Crippen LogP contribution in [0.5, 0.6) is 0 Å². The smallest absolute Gasteiger partial charge is 0.251 e. The van der Waals surface area contributed by atoms with Gasteiger partial charge in [0, 0.05) is 44.0 Å². The van der Waals surface area contributed by atoms with Crippen molar-refractivity contribution in [3.8, 4) is 0 Å². The van der Waals surface area contributed by atoms with Gasteiger partial charge in [0.25, 0.3) is 5.91 Å². The lowest BCUT2D eigenvalue weighted by molar-refractivity contribution is -0.133. The molecule has 156 valence electrons. The first-order valence-electron chi connectivity index (χ1n) is 10.5. The van der Waals surface area contributed by atoms with E-state index in [0.717, 1.165) is 42.8 Å². The number of likely N-dealkylation sites (tertiary alicyclic amines) is 1. The van der Waals surface area contributed by atoms with E-state index in [0.29, 0.717) is 24.4 Å². The van der Waals surface area contributed by atoms with Crippen molar-refractivity contribution < 1.29 is 9.59 Å². The zero-order valence-electron chi connectivity index (χ0n) is 17.3. The van der Waals surface area contributed by atoms with Gasteiger partial charge in [0.2, 0.25) is 5.91 Å². The Morgan fingerprint density at radius 2 is 1.83 bits per heavy atom. The molecule has 4 rings (SSSR count). The fraction of sp³-hybridized carbons (Fsp3) is 0.391. The summed E-state index contributed by atoms with van der Waals surface area (Å²) >= 11 is 0. The van der Waals surface area contributed by atoms with Gasteiger partial charge in [-0.1, -0.05) is 19.1 Å². The standard InChI is InChI=1S/C23H27N5O2/c1-17-9-14-27(15-10-17)22(29)16-28-20-5-3-2-4-19(20)26-21(28)8-13-25-23(30)18-6-11-24-12-7-18/h2-7,11-12,17H,8-10,13-16H2,1H3,(H,25,30). The normalized spacial score (nSPS) is 14.8. The number of imidazole rings is 1. The molecule has 2 amide bonds. The third kappa shape index (κ3) is 4.50. The molecule has 1 aliphatic heterocycles. The quantitative estimate of drug-likeness (QED) is 0.684. The number of hydrogen-bond donors (Lipinski definition) is 1. The number of carbonyl (C=O) groups excluding carboxylic acids is 2. The predicted molar refractivity (Wildman–Crippen MR) is 115 cm³/mol. The van der Waals surface area contributed by atoms with Crippen molar-refractivity contribution in [2.75, 3.05) is 19.6 Å². The van der Waals surface area contributed by atoms with E-state index in [9.17, 15) is 9.59 Å². The molecule has 0 bridgehead atoms. The number of benzene rings is 1.